The molecule has 1 aromatic heterocycles. The van der Waals surface area contributed by atoms with Crippen molar-refractivity contribution in [1.82, 2.24) is 8.96 Å². The molecule has 5 heteroatoms. The van der Waals surface area contributed by atoms with Crippen molar-refractivity contribution in [2.45, 2.75) is 0 Å². The third kappa shape index (κ3) is 1.21. The standard InChI is InChI=1S/C8H8N2O2S/c1-12-5-2-3-6-7(4-5)10(13)8(11)9-6/h2-4,13H,1H3,(H,9,11). The van der Waals surface area contributed by atoms with Crippen molar-refractivity contribution < 1.29 is 4.74 Å². The summed E-state index contributed by atoms with van der Waals surface area (Å²) in [7, 11) is 1.58. The Labute approximate surface area is 79.7 Å². The Balaban J connectivity index is 2.82. The fraction of sp³-hybridized carbons (Fsp3) is 0.125. The number of H-pyrrole nitrogens is 1. The minimum atomic E-state index is -0.244. The largest absolute Gasteiger partial charge is 0.497 e. The molecule has 13 heavy (non-hydrogen) atoms. The number of imidazole rings is 1. The van der Waals surface area contributed by atoms with E-state index in [2.05, 4.69) is 17.8 Å². The number of nitrogens with one attached hydrogen (secondary N) is 1. The van der Waals surface area contributed by atoms with E-state index in [1.807, 2.05) is 0 Å². The van der Waals surface area contributed by atoms with Gasteiger partial charge >= 0.3 is 5.69 Å². The van der Waals surface area contributed by atoms with Gasteiger partial charge < -0.3 is 9.72 Å². The number of fused-ring (bicyclic) bond motifs is 1. The van der Waals surface area contributed by atoms with Gasteiger partial charge in [0.05, 0.1) is 18.1 Å². The smallest absolute Gasteiger partial charge is 0.336 e. The second-order valence-corrected chi connectivity index (χ2v) is 3.03. The lowest BCUT2D eigenvalue weighted by molar-refractivity contribution is 0.415. The van der Waals surface area contributed by atoms with Gasteiger partial charge in [-0.25, -0.2) is 8.77 Å². The Bertz CT molecular complexity index is 500. The first-order valence-electron chi connectivity index (χ1n) is 3.70. The summed E-state index contributed by atoms with van der Waals surface area (Å²) >= 11 is 4.02. The van der Waals surface area contributed by atoms with Gasteiger partial charge in [0, 0.05) is 6.07 Å². The molecule has 0 aliphatic rings. The average Bonchev–Trinajstić information content (AvgIpc) is 2.43. The Morgan fingerprint density at radius 3 is 3.00 bits per heavy atom. The van der Waals surface area contributed by atoms with Gasteiger partial charge in [0.15, 0.2) is 0 Å². The van der Waals surface area contributed by atoms with E-state index >= 15 is 0 Å². The van der Waals surface area contributed by atoms with Gasteiger partial charge in [-0.15, -0.1) is 0 Å². The number of methoxy groups -OCH3 is 1. The molecule has 0 aliphatic heterocycles. The summed E-state index contributed by atoms with van der Waals surface area (Å²) in [5, 5.41) is 0. The summed E-state index contributed by atoms with van der Waals surface area (Å²) in [4.78, 5) is 13.8. The number of ether oxygens (including phenoxy) is 1. The second-order valence-electron chi connectivity index (χ2n) is 2.63. The van der Waals surface area contributed by atoms with Crippen LogP contribution in [0, 0.1) is 0 Å². The molecule has 0 radical (unpaired) electrons. The highest BCUT2D eigenvalue weighted by Gasteiger charge is 2.03. The summed E-state index contributed by atoms with van der Waals surface area (Å²) < 4.78 is 6.27. The van der Waals surface area contributed by atoms with Crippen molar-refractivity contribution in [2.75, 3.05) is 7.11 Å². The highest BCUT2D eigenvalue weighted by Crippen LogP contribution is 2.18. The quantitative estimate of drug-likeness (QED) is 0.669. The molecule has 1 heterocycles. The van der Waals surface area contributed by atoms with E-state index in [1.165, 1.54) is 3.97 Å². The Morgan fingerprint density at radius 1 is 1.54 bits per heavy atom. The van der Waals surface area contributed by atoms with Gasteiger partial charge in [0.25, 0.3) is 0 Å². The lowest BCUT2D eigenvalue weighted by Gasteiger charge is -1.98. The van der Waals surface area contributed by atoms with Crippen LogP contribution in [0.5, 0.6) is 5.75 Å². The lowest BCUT2D eigenvalue weighted by Crippen LogP contribution is -2.07. The van der Waals surface area contributed by atoms with Crippen LogP contribution in [0.1, 0.15) is 0 Å². The Kier molecular flexibility index (Phi) is 1.81. The summed E-state index contributed by atoms with van der Waals surface area (Å²) in [5.74, 6) is 0.703. The number of nitrogens with zero attached hydrogens (tertiary/aromatic N) is 1. The fourth-order valence-corrected chi connectivity index (χ4v) is 1.41. The van der Waals surface area contributed by atoms with Gasteiger partial charge in [-0.1, -0.05) is 12.8 Å². The monoisotopic (exact) mass is 196 g/mol. The molecule has 0 amide bonds. The predicted molar refractivity (Wildman–Crippen MR) is 53.5 cm³/mol. The summed E-state index contributed by atoms with van der Waals surface area (Å²) in [6.07, 6.45) is 0. The fourth-order valence-electron chi connectivity index (χ4n) is 1.20. The number of thiol groups is 1. The topological polar surface area (TPSA) is 47.0 Å². The van der Waals surface area contributed by atoms with E-state index in [-0.39, 0.29) is 5.69 Å². The molecule has 0 fully saturated rings. The number of hydrogen-bond acceptors (Lipinski definition) is 3. The van der Waals surface area contributed by atoms with E-state index in [0.29, 0.717) is 11.3 Å². The molecule has 2 rings (SSSR count). The molecule has 0 spiro atoms. The normalized spacial score (nSPS) is 10.6. The number of aromatic amines is 1. The molecular formula is C8H8N2O2S. The van der Waals surface area contributed by atoms with E-state index in [0.717, 1.165) is 5.52 Å². The van der Waals surface area contributed by atoms with Crippen molar-refractivity contribution in [3.8, 4) is 5.75 Å². The zero-order valence-electron chi connectivity index (χ0n) is 6.94. The summed E-state index contributed by atoms with van der Waals surface area (Å²) in [6.45, 7) is 0. The van der Waals surface area contributed by atoms with Crippen LogP contribution in [0.2, 0.25) is 0 Å². The molecule has 1 N–H and O–H groups in total. The van der Waals surface area contributed by atoms with Gasteiger partial charge in [0.2, 0.25) is 0 Å². The predicted octanol–water partition coefficient (Wildman–Crippen LogP) is 1.03. The van der Waals surface area contributed by atoms with Crippen molar-refractivity contribution >= 4 is 23.8 Å². The van der Waals surface area contributed by atoms with Gasteiger partial charge in [-0.05, 0) is 12.1 Å². The van der Waals surface area contributed by atoms with Crippen molar-refractivity contribution in [3.05, 3.63) is 28.7 Å². The van der Waals surface area contributed by atoms with Crippen LogP contribution in [0.4, 0.5) is 0 Å². The zero-order chi connectivity index (χ0) is 9.42. The minimum absolute atomic E-state index is 0.244. The van der Waals surface area contributed by atoms with Crippen LogP contribution in [0.25, 0.3) is 11.0 Å². The Hall–Kier alpha value is -1.36. The van der Waals surface area contributed by atoms with Crippen molar-refractivity contribution in [1.29, 1.82) is 0 Å². The molecule has 0 bridgehead atoms. The van der Waals surface area contributed by atoms with Crippen LogP contribution in [-0.2, 0) is 0 Å². The number of hydrogen-bond donors (Lipinski definition) is 2. The molecule has 68 valence electrons. The van der Waals surface area contributed by atoms with Crippen LogP contribution in [0.3, 0.4) is 0 Å². The van der Waals surface area contributed by atoms with Crippen LogP contribution in [0.15, 0.2) is 23.0 Å². The maximum atomic E-state index is 11.1. The maximum Gasteiger partial charge on any atom is 0.336 e. The lowest BCUT2D eigenvalue weighted by atomic mass is 10.3. The molecule has 0 atom stereocenters. The van der Waals surface area contributed by atoms with Crippen LogP contribution >= 0.6 is 12.8 Å². The molecule has 0 unspecified atom stereocenters. The molecule has 0 saturated heterocycles. The zero-order valence-corrected chi connectivity index (χ0v) is 7.84. The third-order valence-electron chi connectivity index (χ3n) is 1.87. The average molecular weight is 196 g/mol. The summed E-state index contributed by atoms with van der Waals surface area (Å²) in [6, 6.07) is 5.31. The van der Waals surface area contributed by atoms with Crippen molar-refractivity contribution in [2.24, 2.45) is 0 Å². The van der Waals surface area contributed by atoms with E-state index < -0.39 is 0 Å². The molecule has 0 aliphatic carbocycles. The van der Waals surface area contributed by atoms with Gasteiger partial charge in [0.1, 0.15) is 5.75 Å². The molecule has 2 aromatic rings. The van der Waals surface area contributed by atoms with Crippen LogP contribution < -0.4 is 10.4 Å². The first kappa shape index (κ1) is 8.25. The van der Waals surface area contributed by atoms with Crippen LogP contribution in [-0.4, -0.2) is 16.1 Å². The van der Waals surface area contributed by atoms with E-state index in [1.54, 1.807) is 25.3 Å². The first-order chi connectivity index (χ1) is 6.22. The van der Waals surface area contributed by atoms with Crippen molar-refractivity contribution in [3.63, 3.8) is 0 Å². The third-order valence-corrected chi connectivity index (χ3v) is 2.26. The Morgan fingerprint density at radius 2 is 2.31 bits per heavy atom. The van der Waals surface area contributed by atoms with Gasteiger partial charge in [-0.2, -0.15) is 0 Å². The molecular weight excluding hydrogens is 188 g/mol. The number of rotatable bonds is 1. The molecule has 4 nitrogen and oxygen atoms in total. The highest BCUT2D eigenvalue weighted by atomic mass is 32.1. The molecule has 0 saturated carbocycles. The van der Waals surface area contributed by atoms with E-state index in [9.17, 15) is 4.79 Å². The second kappa shape index (κ2) is 2.85. The van der Waals surface area contributed by atoms with E-state index in [4.69, 9.17) is 4.74 Å². The molecule has 1 aromatic carbocycles. The first-order valence-corrected chi connectivity index (χ1v) is 4.10. The minimum Gasteiger partial charge on any atom is -0.497 e. The SMILES string of the molecule is COc1ccc2[nH]c(=O)n(S)c2c1. The summed E-state index contributed by atoms with van der Waals surface area (Å²) in [5.41, 5.74) is 1.22. The maximum absolute atomic E-state index is 11.1. The van der Waals surface area contributed by atoms with Gasteiger partial charge in [-0.3, -0.25) is 0 Å². The number of benzene rings is 1. The highest BCUT2D eigenvalue weighted by molar-refractivity contribution is 7.78. The number of aromatic nitrogens is 2.